The van der Waals surface area contributed by atoms with Crippen molar-refractivity contribution in [1.29, 1.82) is 0 Å². The van der Waals surface area contributed by atoms with Gasteiger partial charge in [0.15, 0.2) is 0 Å². The van der Waals surface area contributed by atoms with Crippen LogP contribution in [0.1, 0.15) is 52.5 Å². The number of carbonyl (C=O) groups excluding carboxylic acids is 1. The average molecular weight is 338 g/mol. The van der Waals surface area contributed by atoms with Gasteiger partial charge in [0.2, 0.25) is 5.91 Å². The van der Waals surface area contributed by atoms with Crippen LogP contribution in [-0.4, -0.2) is 11.9 Å². The van der Waals surface area contributed by atoms with Gasteiger partial charge in [-0.3, -0.25) is 4.79 Å². The first-order valence-electron chi connectivity index (χ1n) is 7.28. The highest BCUT2D eigenvalue weighted by atomic mass is 79.9. The molecule has 0 heterocycles. The predicted molar refractivity (Wildman–Crippen MR) is 86.7 cm³/mol. The zero-order valence-corrected chi connectivity index (χ0v) is 14.4. The van der Waals surface area contributed by atoms with Crippen LogP contribution >= 0.6 is 15.9 Å². The largest absolute Gasteiger partial charge is 0.353 e. The van der Waals surface area contributed by atoms with Gasteiger partial charge >= 0.3 is 0 Å². The van der Waals surface area contributed by atoms with Crippen molar-refractivity contribution in [3.63, 3.8) is 0 Å². The Hall–Kier alpha value is -0.830. The van der Waals surface area contributed by atoms with E-state index in [9.17, 15) is 4.79 Å². The Labute approximate surface area is 130 Å². The molecular formula is C17H24BrNO. The molecule has 2 rings (SSSR count). The summed E-state index contributed by atoms with van der Waals surface area (Å²) in [5.41, 5.74) is 1.52. The number of hydrogen-bond acceptors (Lipinski definition) is 1. The van der Waals surface area contributed by atoms with Gasteiger partial charge in [-0.1, -0.05) is 48.8 Å². The topological polar surface area (TPSA) is 29.1 Å². The van der Waals surface area contributed by atoms with Crippen molar-refractivity contribution in [2.75, 3.05) is 0 Å². The lowest BCUT2D eigenvalue weighted by Gasteiger charge is -2.27. The van der Waals surface area contributed by atoms with Gasteiger partial charge in [0.05, 0.1) is 0 Å². The van der Waals surface area contributed by atoms with Crippen molar-refractivity contribution in [3.05, 3.63) is 34.3 Å². The van der Waals surface area contributed by atoms with E-state index in [4.69, 9.17) is 0 Å². The number of nitrogens with one attached hydrogen (secondary N) is 1. The first kappa shape index (κ1) is 15.6. The molecule has 1 unspecified atom stereocenters. The third-order valence-corrected chi connectivity index (χ3v) is 4.63. The van der Waals surface area contributed by atoms with Crippen molar-refractivity contribution in [3.8, 4) is 0 Å². The van der Waals surface area contributed by atoms with Crippen LogP contribution in [0.2, 0.25) is 0 Å². The van der Waals surface area contributed by atoms with Gasteiger partial charge in [0, 0.05) is 22.4 Å². The van der Waals surface area contributed by atoms with Crippen LogP contribution in [0.5, 0.6) is 0 Å². The van der Waals surface area contributed by atoms with Crippen LogP contribution in [0.4, 0.5) is 0 Å². The maximum absolute atomic E-state index is 12.1. The van der Waals surface area contributed by atoms with Gasteiger partial charge in [0.1, 0.15) is 0 Å². The highest BCUT2D eigenvalue weighted by Crippen LogP contribution is 2.51. The van der Waals surface area contributed by atoms with Gasteiger partial charge in [-0.05, 0) is 42.9 Å². The molecule has 1 amide bonds. The molecule has 0 radical (unpaired) electrons. The van der Waals surface area contributed by atoms with Gasteiger partial charge in [-0.15, -0.1) is 0 Å². The normalized spacial score (nSPS) is 18.4. The molecule has 0 aliphatic heterocycles. The summed E-state index contributed by atoms with van der Waals surface area (Å²) in [6.45, 7) is 8.42. The maximum atomic E-state index is 12.1. The summed E-state index contributed by atoms with van der Waals surface area (Å²) in [5.74, 6) is 0.161. The first-order chi connectivity index (χ1) is 9.23. The molecule has 1 aliphatic rings. The third-order valence-electron chi connectivity index (χ3n) is 4.11. The summed E-state index contributed by atoms with van der Waals surface area (Å²) in [6.07, 6.45) is 2.89. The minimum Gasteiger partial charge on any atom is -0.353 e. The van der Waals surface area contributed by atoms with Crippen molar-refractivity contribution in [2.24, 2.45) is 5.41 Å². The molecule has 1 aromatic rings. The lowest BCUT2D eigenvalue weighted by molar-refractivity contribution is -0.123. The highest BCUT2D eigenvalue weighted by molar-refractivity contribution is 9.10. The molecule has 1 N–H and O–H groups in total. The molecule has 3 heteroatoms. The monoisotopic (exact) mass is 337 g/mol. The Kier molecular flexibility index (Phi) is 4.29. The van der Waals surface area contributed by atoms with Crippen molar-refractivity contribution >= 4 is 21.8 Å². The molecule has 1 saturated carbocycles. The molecule has 0 aromatic heterocycles. The van der Waals surface area contributed by atoms with Crippen LogP contribution < -0.4 is 5.32 Å². The fourth-order valence-corrected chi connectivity index (χ4v) is 3.06. The number of benzene rings is 1. The SMILES string of the molecule is CC(NC(=O)CC(C)(C)C)C1(c2ccc(Br)cc2)CC1. The minimum absolute atomic E-state index is 0.0398. The van der Waals surface area contributed by atoms with E-state index in [1.807, 2.05) is 0 Å². The van der Waals surface area contributed by atoms with Crippen LogP contribution in [-0.2, 0) is 10.2 Å². The van der Waals surface area contributed by atoms with Gasteiger partial charge < -0.3 is 5.32 Å². The zero-order chi connectivity index (χ0) is 15.0. The van der Waals surface area contributed by atoms with Crippen LogP contribution in [0.25, 0.3) is 0 Å². The Balaban J connectivity index is 2.03. The standard InChI is InChI=1S/C17H24BrNO/c1-12(19-15(20)11-16(2,3)4)17(9-10-17)13-5-7-14(18)8-6-13/h5-8,12H,9-11H2,1-4H3,(H,19,20). The van der Waals surface area contributed by atoms with E-state index in [0.29, 0.717) is 6.42 Å². The number of halogens is 1. The predicted octanol–water partition coefficient (Wildman–Crippen LogP) is 4.42. The fraction of sp³-hybridized carbons (Fsp3) is 0.588. The molecule has 0 saturated heterocycles. The number of amides is 1. The summed E-state index contributed by atoms with van der Waals surface area (Å²) in [4.78, 5) is 12.1. The quantitative estimate of drug-likeness (QED) is 0.865. The summed E-state index contributed by atoms with van der Waals surface area (Å²) in [7, 11) is 0. The number of carbonyl (C=O) groups is 1. The minimum atomic E-state index is 0.0398. The highest BCUT2D eigenvalue weighted by Gasteiger charge is 2.49. The Morgan fingerprint density at radius 2 is 1.85 bits per heavy atom. The molecule has 0 spiro atoms. The lowest BCUT2D eigenvalue weighted by atomic mass is 9.87. The van der Waals surface area contributed by atoms with E-state index in [-0.39, 0.29) is 22.8 Å². The van der Waals surface area contributed by atoms with Crippen molar-refractivity contribution < 1.29 is 4.79 Å². The Morgan fingerprint density at radius 1 is 1.30 bits per heavy atom. The summed E-state index contributed by atoms with van der Waals surface area (Å²) in [6, 6.07) is 8.70. The van der Waals surface area contributed by atoms with Crippen molar-refractivity contribution in [1.82, 2.24) is 5.32 Å². The van der Waals surface area contributed by atoms with E-state index in [1.165, 1.54) is 5.56 Å². The van der Waals surface area contributed by atoms with Crippen LogP contribution in [0.15, 0.2) is 28.7 Å². The first-order valence-corrected chi connectivity index (χ1v) is 8.08. The molecule has 1 fully saturated rings. The van der Waals surface area contributed by atoms with Crippen LogP contribution in [0.3, 0.4) is 0 Å². The number of rotatable bonds is 4. The van der Waals surface area contributed by atoms with E-state index >= 15 is 0 Å². The van der Waals surface area contributed by atoms with Gasteiger partial charge in [0.25, 0.3) is 0 Å². The molecule has 0 bridgehead atoms. The van der Waals surface area contributed by atoms with E-state index in [1.54, 1.807) is 0 Å². The second kappa shape index (κ2) is 5.51. The molecule has 1 atom stereocenters. The molecule has 2 nitrogen and oxygen atoms in total. The second-order valence-electron chi connectivity index (χ2n) is 7.19. The van der Waals surface area contributed by atoms with E-state index in [0.717, 1.165) is 17.3 Å². The maximum Gasteiger partial charge on any atom is 0.220 e. The molecule has 110 valence electrons. The van der Waals surface area contributed by atoms with Crippen molar-refractivity contribution in [2.45, 2.75) is 58.4 Å². The smallest absolute Gasteiger partial charge is 0.220 e. The Morgan fingerprint density at radius 3 is 2.30 bits per heavy atom. The number of hydrogen-bond donors (Lipinski definition) is 1. The van der Waals surface area contributed by atoms with E-state index in [2.05, 4.69) is 73.2 Å². The average Bonchev–Trinajstić information content (AvgIpc) is 3.08. The van der Waals surface area contributed by atoms with E-state index < -0.39 is 0 Å². The molecule has 1 aromatic carbocycles. The summed E-state index contributed by atoms with van der Waals surface area (Å²) in [5, 5.41) is 3.20. The molecule has 1 aliphatic carbocycles. The third kappa shape index (κ3) is 3.63. The van der Waals surface area contributed by atoms with Gasteiger partial charge in [-0.25, -0.2) is 0 Å². The lowest BCUT2D eigenvalue weighted by Crippen LogP contribution is -2.42. The van der Waals surface area contributed by atoms with Gasteiger partial charge in [-0.2, -0.15) is 0 Å². The van der Waals surface area contributed by atoms with Crippen LogP contribution in [0, 0.1) is 5.41 Å². The summed E-state index contributed by atoms with van der Waals surface area (Å²) >= 11 is 3.47. The second-order valence-corrected chi connectivity index (χ2v) is 8.11. The molecule has 20 heavy (non-hydrogen) atoms. The Bertz CT molecular complexity index is 483. The molecular weight excluding hydrogens is 314 g/mol. The zero-order valence-electron chi connectivity index (χ0n) is 12.8. The summed E-state index contributed by atoms with van der Waals surface area (Å²) < 4.78 is 1.10. The fourth-order valence-electron chi connectivity index (χ4n) is 2.80.